The van der Waals surface area contributed by atoms with Crippen molar-refractivity contribution in [3.63, 3.8) is 0 Å². The van der Waals surface area contributed by atoms with E-state index in [0.717, 1.165) is 6.07 Å². The normalized spacial score (nSPS) is 20.0. The van der Waals surface area contributed by atoms with Crippen LogP contribution in [0.3, 0.4) is 0 Å². The Balaban J connectivity index is 2.56. The molecule has 11 heteroatoms. The fourth-order valence-electron chi connectivity index (χ4n) is 2.48. The molecule has 0 saturated carbocycles. The summed E-state index contributed by atoms with van der Waals surface area (Å²) in [6, 6.07) is 1.44. The molecule has 1 N–H and O–H groups in total. The first kappa shape index (κ1) is 19.9. The number of rotatable bonds is 5. The summed E-state index contributed by atoms with van der Waals surface area (Å²) in [5.41, 5.74) is -7.06. The van der Waals surface area contributed by atoms with E-state index in [-0.39, 0.29) is 12.4 Å². The monoisotopic (exact) mass is 389 g/mol. The molecule has 1 atom stereocenters. The van der Waals surface area contributed by atoms with Gasteiger partial charge < -0.3 is 14.7 Å². The molecular weight excluding hydrogens is 373 g/mol. The van der Waals surface area contributed by atoms with E-state index in [1.165, 1.54) is 0 Å². The number of alkyl halides is 5. The second-order valence-electron chi connectivity index (χ2n) is 5.90. The van der Waals surface area contributed by atoms with Crippen molar-refractivity contribution in [2.24, 2.45) is 0 Å². The van der Waals surface area contributed by atoms with Crippen LogP contribution < -0.4 is 4.74 Å². The minimum atomic E-state index is -5.89. The van der Waals surface area contributed by atoms with Crippen molar-refractivity contribution in [2.75, 3.05) is 27.2 Å². The van der Waals surface area contributed by atoms with Gasteiger partial charge in [-0.05, 0) is 26.2 Å². The van der Waals surface area contributed by atoms with Crippen LogP contribution in [0.25, 0.3) is 0 Å². The number of likely N-dealkylation sites (N-methyl/N-ethyl adjacent to an activating group) is 1. The van der Waals surface area contributed by atoms with Crippen molar-refractivity contribution in [1.29, 1.82) is 0 Å². The van der Waals surface area contributed by atoms with Gasteiger partial charge in [-0.1, -0.05) is 0 Å². The third kappa shape index (κ3) is 3.58. The second-order valence-corrected chi connectivity index (χ2v) is 7.80. The first-order chi connectivity index (χ1) is 11.3. The Hall–Kier alpha value is -1.46. The highest BCUT2D eigenvalue weighted by atomic mass is 32.2. The van der Waals surface area contributed by atoms with Gasteiger partial charge in [0, 0.05) is 24.1 Å². The average Bonchev–Trinajstić information content (AvgIpc) is 2.68. The standard InChI is InChI=1S/C14H16F5NO4S/c1-20(2)5-6-24-9-3-4-10(25(22,23)14(17,18)19)11-8(9)7-13(15,16)12(11)21/h3-4,12,21H,5-7H2,1-2H3. The lowest BCUT2D eigenvalue weighted by molar-refractivity contribution is -0.0978. The van der Waals surface area contributed by atoms with Gasteiger partial charge in [-0.3, -0.25) is 0 Å². The third-order valence-electron chi connectivity index (χ3n) is 3.75. The summed E-state index contributed by atoms with van der Waals surface area (Å²) in [7, 11) is -2.44. The van der Waals surface area contributed by atoms with E-state index in [0.29, 0.717) is 12.6 Å². The van der Waals surface area contributed by atoms with E-state index in [1.54, 1.807) is 19.0 Å². The molecule has 142 valence electrons. The number of sulfone groups is 1. The van der Waals surface area contributed by atoms with Gasteiger partial charge in [0.05, 0.1) is 4.90 Å². The largest absolute Gasteiger partial charge is 0.501 e. The van der Waals surface area contributed by atoms with Crippen LogP contribution in [0, 0.1) is 0 Å². The summed E-state index contributed by atoms with van der Waals surface area (Å²) in [6.45, 7) is 0.447. The average molecular weight is 389 g/mol. The summed E-state index contributed by atoms with van der Waals surface area (Å²) in [5, 5.41) is 9.71. The molecule has 1 unspecified atom stereocenters. The zero-order valence-corrected chi connectivity index (χ0v) is 14.1. The number of aliphatic hydroxyl groups is 1. The molecule has 1 aliphatic carbocycles. The third-order valence-corrected chi connectivity index (χ3v) is 5.29. The van der Waals surface area contributed by atoms with Crippen LogP contribution in [0.1, 0.15) is 17.2 Å². The summed E-state index contributed by atoms with van der Waals surface area (Å²) in [6.07, 6.45) is -3.77. The van der Waals surface area contributed by atoms with Crippen LogP contribution in [-0.2, 0) is 16.3 Å². The number of hydrogen-bond donors (Lipinski definition) is 1. The fourth-order valence-corrected chi connectivity index (χ4v) is 3.50. The Morgan fingerprint density at radius 1 is 1.32 bits per heavy atom. The Morgan fingerprint density at radius 2 is 1.92 bits per heavy atom. The Kier molecular flexibility index (Phi) is 5.05. The summed E-state index contributed by atoms with van der Waals surface area (Å²) >= 11 is 0. The van der Waals surface area contributed by atoms with Crippen molar-refractivity contribution >= 4 is 9.84 Å². The van der Waals surface area contributed by atoms with Crippen molar-refractivity contribution < 1.29 is 40.2 Å². The molecule has 0 aromatic heterocycles. The van der Waals surface area contributed by atoms with Gasteiger partial charge in [0.1, 0.15) is 18.5 Å². The van der Waals surface area contributed by atoms with Gasteiger partial charge in [-0.15, -0.1) is 0 Å². The molecule has 1 aromatic rings. The summed E-state index contributed by atoms with van der Waals surface area (Å²) < 4.78 is 94.7. The highest BCUT2D eigenvalue weighted by molar-refractivity contribution is 7.92. The molecule has 0 bridgehead atoms. The lowest BCUT2D eigenvalue weighted by atomic mass is 10.1. The second kappa shape index (κ2) is 6.36. The highest BCUT2D eigenvalue weighted by Crippen LogP contribution is 2.50. The molecular formula is C14H16F5NO4S. The van der Waals surface area contributed by atoms with E-state index in [4.69, 9.17) is 4.74 Å². The maximum Gasteiger partial charge on any atom is 0.501 e. The van der Waals surface area contributed by atoms with Gasteiger partial charge in [0.15, 0.2) is 0 Å². The smallest absolute Gasteiger partial charge is 0.492 e. The van der Waals surface area contributed by atoms with E-state index >= 15 is 0 Å². The van der Waals surface area contributed by atoms with E-state index in [1.807, 2.05) is 0 Å². The molecule has 0 spiro atoms. The minimum Gasteiger partial charge on any atom is -0.492 e. The quantitative estimate of drug-likeness (QED) is 0.782. The SMILES string of the molecule is CN(C)CCOc1ccc(S(=O)(=O)C(F)(F)F)c2c1CC(F)(F)C2O. The molecule has 1 aliphatic rings. The van der Waals surface area contributed by atoms with Crippen LogP contribution in [0.15, 0.2) is 17.0 Å². The zero-order chi connectivity index (χ0) is 19.2. The number of aliphatic hydroxyl groups excluding tert-OH is 1. The summed E-state index contributed by atoms with van der Waals surface area (Å²) in [4.78, 5) is 0.353. The highest BCUT2D eigenvalue weighted by Gasteiger charge is 2.55. The van der Waals surface area contributed by atoms with Crippen LogP contribution in [0.5, 0.6) is 5.75 Å². The Labute approximate surface area is 140 Å². The molecule has 1 aromatic carbocycles. The van der Waals surface area contributed by atoms with Crippen molar-refractivity contribution in [1.82, 2.24) is 4.90 Å². The zero-order valence-electron chi connectivity index (χ0n) is 13.3. The van der Waals surface area contributed by atoms with E-state index in [2.05, 4.69) is 0 Å². The first-order valence-electron chi connectivity index (χ1n) is 7.09. The van der Waals surface area contributed by atoms with Crippen molar-refractivity contribution in [3.05, 3.63) is 23.3 Å². The van der Waals surface area contributed by atoms with Gasteiger partial charge in [-0.25, -0.2) is 17.2 Å². The van der Waals surface area contributed by atoms with Crippen molar-refractivity contribution in [3.8, 4) is 5.75 Å². The maximum absolute atomic E-state index is 13.8. The molecule has 2 rings (SSSR count). The van der Waals surface area contributed by atoms with Crippen molar-refractivity contribution in [2.45, 2.75) is 28.9 Å². The molecule has 5 nitrogen and oxygen atoms in total. The first-order valence-corrected chi connectivity index (χ1v) is 8.58. The van der Waals surface area contributed by atoms with Gasteiger partial charge in [0.2, 0.25) is 0 Å². The number of ether oxygens (including phenoxy) is 1. The van der Waals surface area contributed by atoms with Gasteiger partial charge >= 0.3 is 5.51 Å². The molecule has 0 fully saturated rings. The number of hydrogen-bond acceptors (Lipinski definition) is 5. The predicted octanol–water partition coefficient (Wildman–Crippen LogP) is 2.15. The number of halogens is 5. The molecule has 0 heterocycles. The topological polar surface area (TPSA) is 66.8 Å². The molecule has 25 heavy (non-hydrogen) atoms. The van der Waals surface area contributed by atoms with Crippen LogP contribution in [-0.4, -0.2) is 57.1 Å². The van der Waals surface area contributed by atoms with E-state index < -0.39 is 49.8 Å². The lowest BCUT2D eigenvalue weighted by Gasteiger charge is -2.18. The van der Waals surface area contributed by atoms with Crippen LogP contribution in [0.4, 0.5) is 22.0 Å². The maximum atomic E-state index is 13.8. The summed E-state index contributed by atoms with van der Waals surface area (Å²) in [5.74, 6) is -3.96. The minimum absolute atomic E-state index is 0.0481. The van der Waals surface area contributed by atoms with E-state index in [9.17, 15) is 35.5 Å². The number of benzene rings is 1. The molecule has 0 saturated heterocycles. The Morgan fingerprint density at radius 3 is 2.44 bits per heavy atom. The van der Waals surface area contributed by atoms with Crippen LogP contribution in [0.2, 0.25) is 0 Å². The van der Waals surface area contributed by atoms with Crippen LogP contribution >= 0.6 is 0 Å². The molecule has 0 radical (unpaired) electrons. The fraction of sp³-hybridized carbons (Fsp3) is 0.571. The molecule has 0 amide bonds. The lowest BCUT2D eigenvalue weighted by Crippen LogP contribution is -2.26. The Bertz CT molecular complexity index is 761. The number of nitrogens with zero attached hydrogens (tertiary/aromatic N) is 1. The number of fused-ring (bicyclic) bond motifs is 1. The predicted molar refractivity (Wildman–Crippen MR) is 77.3 cm³/mol. The molecule has 0 aliphatic heterocycles. The van der Waals surface area contributed by atoms with Gasteiger partial charge in [-0.2, -0.15) is 13.2 Å². The van der Waals surface area contributed by atoms with Gasteiger partial charge in [0.25, 0.3) is 15.8 Å².